The van der Waals surface area contributed by atoms with Crippen molar-refractivity contribution in [1.82, 2.24) is 10.4 Å². The first-order valence-electron chi connectivity index (χ1n) is 14.4. The lowest BCUT2D eigenvalue weighted by Gasteiger charge is -2.26. The maximum Gasteiger partial charge on any atom is 0.459 e. The third-order valence-corrected chi connectivity index (χ3v) is 8.00. The molecule has 0 radical (unpaired) electrons. The van der Waals surface area contributed by atoms with Gasteiger partial charge in [0.2, 0.25) is 5.91 Å². The van der Waals surface area contributed by atoms with Gasteiger partial charge in [0.1, 0.15) is 24.5 Å². The fraction of sp³-hybridized carbons (Fsp3) is 0.375. The van der Waals surface area contributed by atoms with Crippen molar-refractivity contribution in [3.8, 4) is 5.75 Å². The minimum atomic E-state index is -4.16. The summed E-state index contributed by atoms with van der Waals surface area (Å²) in [5.41, 5.74) is 7.28. The Kier molecular flexibility index (Phi) is 13.1. The van der Waals surface area contributed by atoms with E-state index in [2.05, 4.69) is 17.0 Å². The molecule has 244 valence electrons. The van der Waals surface area contributed by atoms with Crippen LogP contribution >= 0.6 is 7.75 Å². The summed E-state index contributed by atoms with van der Waals surface area (Å²) in [7, 11) is -4.16. The molecule has 2 aromatic carbocycles. The summed E-state index contributed by atoms with van der Waals surface area (Å²) in [6.45, 7) is 9.76. The van der Waals surface area contributed by atoms with Crippen LogP contribution in [0.4, 0.5) is 0 Å². The molecule has 0 aliphatic carbocycles. The lowest BCUT2D eigenvalue weighted by Crippen LogP contribution is -2.40. The Morgan fingerprint density at radius 1 is 1.20 bits per heavy atom. The molecule has 5 atom stereocenters. The molecule has 1 fully saturated rings. The summed E-state index contributed by atoms with van der Waals surface area (Å²) < 4.78 is 42.8. The molecule has 3 rings (SSSR count). The van der Waals surface area contributed by atoms with Crippen molar-refractivity contribution in [2.24, 2.45) is 5.73 Å². The van der Waals surface area contributed by atoms with Gasteiger partial charge < -0.3 is 34.9 Å². The third kappa shape index (κ3) is 12.3. The summed E-state index contributed by atoms with van der Waals surface area (Å²) in [4.78, 5) is 24.2. The van der Waals surface area contributed by atoms with Gasteiger partial charge in [0.15, 0.2) is 12.0 Å². The molecule has 1 heterocycles. The first-order valence-corrected chi connectivity index (χ1v) is 15.9. The molecule has 2 aromatic rings. The van der Waals surface area contributed by atoms with Crippen LogP contribution in [0.15, 0.2) is 91.2 Å². The molecule has 0 saturated carbocycles. The number of allylic oxidation sites excluding steroid dienone is 2. The van der Waals surface area contributed by atoms with E-state index in [1.54, 1.807) is 30.3 Å². The van der Waals surface area contributed by atoms with E-state index in [1.807, 2.05) is 37.3 Å². The Hall–Kier alpha value is -3.77. The van der Waals surface area contributed by atoms with Crippen LogP contribution in [0, 0.1) is 6.92 Å². The first kappa shape index (κ1) is 35.7. The summed E-state index contributed by atoms with van der Waals surface area (Å²) in [5.74, 6) is -2.48. The molecule has 0 spiro atoms. The van der Waals surface area contributed by atoms with Crippen LogP contribution < -0.4 is 20.7 Å². The van der Waals surface area contributed by atoms with E-state index in [4.69, 9.17) is 29.0 Å². The SMILES string of the molecule is C=C/C(=C\C=C/N[C@@H]1OC(COP(=O)(NC(C)C(=O)OCc2ccccc2)Oc2ccc(C)cc2)CC1OC(C)(C)O)C(N)=O. The van der Waals surface area contributed by atoms with Gasteiger partial charge in [0.25, 0.3) is 0 Å². The molecular weight excluding hydrogens is 601 g/mol. The van der Waals surface area contributed by atoms with Gasteiger partial charge in [-0.15, -0.1) is 0 Å². The van der Waals surface area contributed by atoms with E-state index in [-0.39, 0.29) is 31.0 Å². The van der Waals surface area contributed by atoms with Gasteiger partial charge >= 0.3 is 13.7 Å². The second kappa shape index (κ2) is 16.5. The van der Waals surface area contributed by atoms with Crippen LogP contribution in [0.1, 0.15) is 38.3 Å². The molecule has 1 aliphatic rings. The smallest absolute Gasteiger partial charge is 0.459 e. The van der Waals surface area contributed by atoms with Crippen molar-refractivity contribution >= 4 is 19.6 Å². The minimum Gasteiger partial charge on any atom is -0.460 e. The van der Waals surface area contributed by atoms with Crippen molar-refractivity contribution < 1.29 is 42.5 Å². The zero-order valence-electron chi connectivity index (χ0n) is 25.9. The number of nitrogens with one attached hydrogen (secondary N) is 2. The number of aryl methyl sites for hydroxylation is 1. The molecule has 1 aliphatic heterocycles. The summed E-state index contributed by atoms with van der Waals surface area (Å²) in [6, 6.07) is 15.0. The Morgan fingerprint density at radius 3 is 2.51 bits per heavy atom. The van der Waals surface area contributed by atoms with Crippen molar-refractivity contribution in [1.29, 1.82) is 0 Å². The molecule has 0 bridgehead atoms. The second-order valence-corrected chi connectivity index (χ2v) is 12.6. The number of hydrogen-bond acceptors (Lipinski definition) is 10. The molecule has 4 unspecified atom stereocenters. The van der Waals surface area contributed by atoms with Crippen LogP contribution in [0.3, 0.4) is 0 Å². The number of carbonyl (C=O) groups is 2. The molecule has 45 heavy (non-hydrogen) atoms. The molecule has 1 saturated heterocycles. The third-order valence-electron chi connectivity index (χ3n) is 6.35. The van der Waals surface area contributed by atoms with E-state index in [1.165, 1.54) is 39.1 Å². The Morgan fingerprint density at radius 2 is 1.89 bits per heavy atom. The van der Waals surface area contributed by atoms with E-state index >= 15 is 0 Å². The van der Waals surface area contributed by atoms with E-state index < -0.39 is 49.9 Å². The van der Waals surface area contributed by atoms with Crippen LogP contribution in [-0.2, 0) is 39.5 Å². The second-order valence-electron chi connectivity index (χ2n) is 10.9. The van der Waals surface area contributed by atoms with E-state index in [0.29, 0.717) is 0 Å². The number of esters is 1. The minimum absolute atomic E-state index is 0.0459. The number of aliphatic hydroxyl groups is 1. The van der Waals surface area contributed by atoms with E-state index in [9.17, 15) is 19.3 Å². The highest BCUT2D eigenvalue weighted by atomic mass is 31.2. The number of ether oxygens (including phenoxy) is 3. The summed E-state index contributed by atoms with van der Waals surface area (Å²) >= 11 is 0. The van der Waals surface area contributed by atoms with Crippen molar-refractivity contribution in [3.05, 3.63) is 102 Å². The predicted octanol–water partition coefficient (Wildman–Crippen LogP) is 4.15. The quantitative estimate of drug-likeness (QED) is 0.0643. The lowest BCUT2D eigenvalue weighted by molar-refractivity contribution is -0.216. The van der Waals surface area contributed by atoms with Gasteiger partial charge in [0.05, 0.1) is 12.7 Å². The number of nitrogens with two attached hydrogens (primary N) is 1. The summed E-state index contributed by atoms with van der Waals surface area (Å²) in [6.07, 6.45) is 4.10. The van der Waals surface area contributed by atoms with Gasteiger partial charge in [-0.2, -0.15) is 5.09 Å². The highest BCUT2D eigenvalue weighted by molar-refractivity contribution is 7.52. The zero-order valence-corrected chi connectivity index (χ0v) is 26.8. The van der Waals surface area contributed by atoms with Gasteiger partial charge in [0, 0.05) is 12.0 Å². The number of amides is 1. The fourth-order valence-electron chi connectivity index (χ4n) is 4.17. The first-order chi connectivity index (χ1) is 21.3. The Balaban J connectivity index is 1.70. The molecule has 13 heteroatoms. The summed E-state index contributed by atoms with van der Waals surface area (Å²) in [5, 5.41) is 16.0. The van der Waals surface area contributed by atoms with Crippen molar-refractivity contribution in [3.63, 3.8) is 0 Å². The molecule has 1 amide bonds. The zero-order chi connectivity index (χ0) is 33.0. The van der Waals surface area contributed by atoms with Crippen LogP contribution in [0.2, 0.25) is 0 Å². The van der Waals surface area contributed by atoms with Crippen molar-refractivity contribution in [2.45, 2.75) is 71.0 Å². The molecular formula is C32H42N3O9P. The largest absolute Gasteiger partial charge is 0.460 e. The highest BCUT2D eigenvalue weighted by Crippen LogP contribution is 2.45. The Bertz CT molecular complexity index is 1390. The van der Waals surface area contributed by atoms with Crippen LogP contribution in [0.5, 0.6) is 5.75 Å². The van der Waals surface area contributed by atoms with Crippen LogP contribution in [0.25, 0.3) is 0 Å². The van der Waals surface area contributed by atoms with Gasteiger partial charge in [-0.1, -0.05) is 60.7 Å². The number of primary amides is 1. The van der Waals surface area contributed by atoms with Gasteiger partial charge in [-0.25, -0.2) is 4.57 Å². The average Bonchev–Trinajstić information content (AvgIpc) is 3.36. The maximum absolute atomic E-state index is 14.0. The Labute approximate surface area is 263 Å². The van der Waals surface area contributed by atoms with Crippen LogP contribution in [-0.4, -0.2) is 53.9 Å². The predicted molar refractivity (Wildman–Crippen MR) is 168 cm³/mol. The normalized spacial score (nSPS) is 20.7. The molecule has 5 N–H and O–H groups in total. The maximum atomic E-state index is 14.0. The average molecular weight is 644 g/mol. The molecule has 0 aromatic heterocycles. The topological polar surface area (TPSA) is 168 Å². The standard InChI is InChI=1S/C32H42N3O9P/c1-6-25(29(33)36)13-10-18-34-30-28(43-32(4,5)38)19-27(42-30)21-41-45(39,44-26-16-14-22(2)15-17-26)35-23(3)31(37)40-20-24-11-8-7-9-12-24/h6-18,23,27-28,30,34,38H,1,19-21H2,2-5H3,(H2,33,36)(H,35,39)/b18-10-,25-13+/t23?,27?,28?,30-,45?/m1/s1. The number of rotatable bonds is 17. The lowest BCUT2D eigenvalue weighted by atomic mass is 10.2. The van der Waals surface area contributed by atoms with E-state index in [0.717, 1.165) is 11.1 Å². The van der Waals surface area contributed by atoms with Gasteiger partial charge in [-0.05, 0) is 63.7 Å². The van der Waals surface area contributed by atoms with Crippen molar-refractivity contribution in [2.75, 3.05) is 6.61 Å². The monoisotopic (exact) mass is 643 g/mol. The number of carbonyl (C=O) groups excluding carboxylic acids is 2. The number of benzene rings is 2. The number of hydrogen-bond donors (Lipinski definition) is 4. The molecule has 12 nitrogen and oxygen atoms in total. The fourth-order valence-corrected chi connectivity index (χ4v) is 5.69. The highest BCUT2D eigenvalue weighted by Gasteiger charge is 2.41. The van der Waals surface area contributed by atoms with Gasteiger partial charge in [-0.3, -0.25) is 14.1 Å².